The lowest BCUT2D eigenvalue weighted by Crippen LogP contribution is -2.50. The number of nitrogens with one attached hydrogen (secondary N) is 1. The zero-order valence-electron chi connectivity index (χ0n) is 9.80. The van der Waals surface area contributed by atoms with Crippen molar-refractivity contribution in [1.29, 1.82) is 0 Å². The summed E-state index contributed by atoms with van der Waals surface area (Å²) >= 11 is 7.84. The van der Waals surface area contributed by atoms with E-state index in [2.05, 4.69) is 21.2 Å². The van der Waals surface area contributed by atoms with E-state index in [-0.39, 0.29) is 15.1 Å². The van der Waals surface area contributed by atoms with Crippen LogP contribution in [0.5, 0.6) is 0 Å². The van der Waals surface area contributed by atoms with Gasteiger partial charge in [0, 0.05) is 6.07 Å². The van der Waals surface area contributed by atoms with Gasteiger partial charge in [-0.1, -0.05) is 18.6 Å². The molecule has 19 heavy (non-hydrogen) atoms. The number of hydrogen-bond acceptors (Lipinski definition) is 2. The fraction of sp³-hybridized carbons (Fsp3) is 0.333. The van der Waals surface area contributed by atoms with E-state index in [0.717, 1.165) is 6.42 Å². The summed E-state index contributed by atoms with van der Waals surface area (Å²) in [6, 6.07) is 1.88. The first kappa shape index (κ1) is 14.3. The van der Waals surface area contributed by atoms with Crippen molar-refractivity contribution in [2.24, 2.45) is 11.1 Å². The van der Waals surface area contributed by atoms with Gasteiger partial charge in [-0.3, -0.25) is 4.79 Å². The molecule has 0 aromatic heterocycles. The molecule has 1 amide bonds. The van der Waals surface area contributed by atoms with Gasteiger partial charge in [0.1, 0.15) is 11.6 Å². The Bertz CT molecular complexity index is 561. The van der Waals surface area contributed by atoms with Crippen LogP contribution in [-0.4, -0.2) is 10.9 Å². The van der Waals surface area contributed by atoms with Crippen LogP contribution < -0.4 is 11.1 Å². The number of benzene rings is 1. The molecule has 1 fully saturated rings. The number of carbonyl (C=O) groups is 1. The van der Waals surface area contributed by atoms with E-state index in [1.165, 1.54) is 6.07 Å². The zero-order chi connectivity index (χ0) is 14.2. The topological polar surface area (TPSA) is 55.1 Å². The highest BCUT2D eigenvalue weighted by molar-refractivity contribution is 9.10. The summed E-state index contributed by atoms with van der Waals surface area (Å²) in [5, 5.41) is 2.42. The molecule has 0 saturated heterocycles. The Kier molecular flexibility index (Phi) is 3.87. The number of hydrogen-bond donors (Lipinski definition) is 2. The van der Waals surface area contributed by atoms with Crippen LogP contribution in [0.4, 0.5) is 14.5 Å². The van der Waals surface area contributed by atoms with Gasteiger partial charge in [0.25, 0.3) is 0 Å². The lowest BCUT2D eigenvalue weighted by molar-refractivity contribution is -0.125. The number of amides is 1. The Balaban J connectivity index is 2.24. The van der Waals surface area contributed by atoms with Gasteiger partial charge in [-0.15, -0.1) is 0 Å². The zero-order valence-corrected chi connectivity index (χ0v) is 12.2. The van der Waals surface area contributed by atoms with Gasteiger partial charge in [-0.2, -0.15) is 0 Å². The molecule has 3 nitrogen and oxygen atoms in total. The average molecular weight is 349 g/mol. The Morgan fingerprint density at radius 1 is 1.37 bits per heavy atom. The van der Waals surface area contributed by atoms with Crippen molar-refractivity contribution in [3.8, 4) is 0 Å². The van der Waals surface area contributed by atoms with Gasteiger partial charge < -0.3 is 11.1 Å². The predicted molar refractivity (Wildman–Crippen MR) is 75.8 cm³/mol. The first-order valence-corrected chi connectivity index (χ1v) is 6.83. The van der Waals surface area contributed by atoms with Crippen molar-refractivity contribution in [1.82, 2.24) is 0 Å². The van der Waals surface area contributed by atoms with E-state index in [1.807, 2.05) is 0 Å². The molecule has 0 heterocycles. The monoisotopic (exact) mass is 348 g/mol. The van der Waals surface area contributed by atoms with Crippen LogP contribution in [0.2, 0.25) is 0 Å². The summed E-state index contributed by atoms with van der Waals surface area (Å²) in [5.74, 6) is -2.02. The third kappa shape index (κ3) is 2.49. The van der Waals surface area contributed by atoms with Crippen LogP contribution in [-0.2, 0) is 4.79 Å². The maximum Gasteiger partial charge on any atom is 0.237 e. The van der Waals surface area contributed by atoms with Crippen molar-refractivity contribution >= 4 is 44.7 Å². The Morgan fingerprint density at radius 2 is 2.00 bits per heavy atom. The fourth-order valence-electron chi connectivity index (χ4n) is 1.98. The molecule has 3 N–H and O–H groups in total. The molecule has 2 rings (SSSR count). The molecule has 0 aliphatic heterocycles. The Labute approximate surface area is 122 Å². The molecule has 1 aliphatic rings. The predicted octanol–water partition coefficient (Wildman–Crippen LogP) is 3.12. The summed E-state index contributed by atoms with van der Waals surface area (Å²) in [6.07, 6.45) is 1.96. The lowest BCUT2D eigenvalue weighted by atomic mass is 9.68. The van der Waals surface area contributed by atoms with Gasteiger partial charge in [0.2, 0.25) is 5.91 Å². The smallest absolute Gasteiger partial charge is 0.237 e. The third-order valence-electron chi connectivity index (χ3n) is 3.37. The minimum atomic E-state index is -0.900. The first-order chi connectivity index (χ1) is 8.86. The molecule has 1 saturated carbocycles. The molecule has 0 spiro atoms. The van der Waals surface area contributed by atoms with E-state index in [0.29, 0.717) is 18.9 Å². The lowest BCUT2D eigenvalue weighted by Gasteiger charge is -2.39. The van der Waals surface area contributed by atoms with Crippen molar-refractivity contribution in [2.45, 2.75) is 19.3 Å². The summed E-state index contributed by atoms with van der Waals surface area (Å²) < 4.78 is 26.7. The number of carbonyl (C=O) groups excluding carboxylic acids is 1. The van der Waals surface area contributed by atoms with E-state index < -0.39 is 23.0 Å². The van der Waals surface area contributed by atoms with Crippen molar-refractivity contribution in [3.05, 3.63) is 28.2 Å². The van der Waals surface area contributed by atoms with Crippen molar-refractivity contribution in [2.75, 3.05) is 5.32 Å². The van der Waals surface area contributed by atoms with Crippen molar-refractivity contribution in [3.63, 3.8) is 0 Å². The molecule has 0 unspecified atom stereocenters. The molecule has 0 atom stereocenters. The summed E-state index contributed by atoms with van der Waals surface area (Å²) in [7, 11) is 0. The van der Waals surface area contributed by atoms with Crippen LogP contribution in [0.15, 0.2) is 16.6 Å². The Morgan fingerprint density at radius 3 is 2.47 bits per heavy atom. The molecule has 102 valence electrons. The maximum absolute atomic E-state index is 13.6. The first-order valence-electron chi connectivity index (χ1n) is 5.63. The minimum Gasteiger partial charge on any atom is -0.392 e. The van der Waals surface area contributed by atoms with Crippen LogP contribution in [0.3, 0.4) is 0 Å². The molecule has 0 bridgehead atoms. The Hall–Kier alpha value is -1.08. The highest BCUT2D eigenvalue weighted by Crippen LogP contribution is 2.42. The fourth-order valence-corrected chi connectivity index (χ4v) is 2.62. The van der Waals surface area contributed by atoms with Gasteiger partial charge >= 0.3 is 0 Å². The van der Waals surface area contributed by atoms with Crippen LogP contribution in [0, 0.1) is 17.0 Å². The summed E-state index contributed by atoms with van der Waals surface area (Å²) in [6.45, 7) is 0. The van der Waals surface area contributed by atoms with E-state index in [1.54, 1.807) is 0 Å². The third-order valence-corrected chi connectivity index (χ3v) is 4.37. The summed E-state index contributed by atoms with van der Waals surface area (Å²) in [5.41, 5.74) is 4.59. The maximum atomic E-state index is 13.6. The highest BCUT2D eigenvalue weighted by atomic mass is 79.9. The molecule has 1 aromatic rings. The second-order valence-corrected chi connectivity index (χ2v) is 5.79. The number of halogens is 3. The number of anilines is 1. The average Bonchev–Trinajstić information content (AvgIpc) is 2.23. The normalized spacial score (nSPS) is 16.6. The van der Waals surface area contributed by atoms with Gasteiger partial charge in [0.05, 0.1) is 20.6 Å². The van der Waals surface area contributed by atoms with Crippen LogP contribution >= 0.6 is 28.1 Å². The SMILES string of the molecule is NC(=S)C1(C(=O)Nc2cc(Br)c(F)cc2F)CCC1. The quantitative estimate of drug-likeness (QED) is 0.651. The number of nitrogens with two attached hydrogens (primary N) is 1. The highest BCUT2D eigenvalue weighted by Gasteiger charge is 2.47. The van der Waals surface area contributed by atoms with E-state index in [4.69, 9.17) is 18.0 Å². The van der Waals surface area contributed by atoms with Crippen LogP contribution in [0.1, 0.15) is 19.3 Å². The van der Waals surface area contributed by atoms with Crippen molar-refractivity contribution < 1.29 is 13.6 Å². The van der Waals surface area contributed by atoms with Gasteiger partial charge in [-0.25, -0.2) is 8.78 Å². The number of rotatable bonds is 3. The van der Waals surface area contributed by atoms with E-state index >= 15 is 0 Å². The molecule has 1 aliphatic carbocycles. The van der Waals surface area contributed by atoms with Gasteiger partial charge in [-0.05, 0) is 34.8 Å². The molecule has 0 radical (unpaired) electrons. The molecular formula is C12H11BrF2N2OS. The second kappa shape index (κ2) is 5.13. The largest absolute Gasteiger partial charge is 0.392 e. The van der Waals surface area contributed by atoms with E-state index in [9.17, 15) is 13.6 Å². The number of thiocarbonyl (C=S) groups is 1. The second-order valence-electron chi connectivity index (χ2n) is 4.50. The minimum absolute atomic E-state index is 0.0715. The standard InChI is InChI=1S/C12H11BrF2N2OS/c13-6-4-9(8(15)5-7(6)14)17-11(18)12(10(16)19)2-1-3-12/h4-5H,1-3H2,(H2,16,19)(H,17,18). The molecular weight excluding hydrogens is 338 g/mol. The summed E-state index contributed by atoms with van der Waals surface area (Å²) in [4.78, 5) is 12.3. The van der Waals surface area contributed by atoms with Crippen LogP contribution in [0.25, 0.3) is 0 Å². The molecule has 1 aromatic carbocycles. The van der Waals surface area contributed by atoms with Gasteiger partial charge in [0.15, 0.2) is 0 Å². The molecule has 7 heteroatoms.